The molecule has 0 bridgehead atoms. The lowest BCUT2D eigenvalue weighted by molar-refractivity contribution is -0.145. The molecular weight excluding hydrogens is 230 g/mol. The molecule has 1 amide bonds. The summed E-state index contributed by atoms with van der Waals surface area (Å²) in [6, 6.07) is 0.136. The van der Waals surface area contributed by atoms with Gasteiger partial charge in [-0.3, -0.25) is 4.79 Å². The molecule has 1 saturated carbocycles. The summed E-state index contributed by atoms with van der Waals surface area (Å²) in [5.74, 6) is 0.836. The molecule has 0 aliphatic heterocycles. The van der Waals surface area contributed by atoms with Gasteiger partial charge < -0.3 is 15.8 Å². The standard InChI is InChI=1S/C13H25N3O2/c1-8(2)10(4)16(5)12(17)13(11(14)15-18)6-9(3)7-13/h8-10,18H,6-7H2,1-5H3,(H2,14,15). The van der Waals surface area contributed by atoms with Crippen LogP contribution < -0.4 is 5.73 Å². The predicted molar refractivity (Wildman–Crippen MR) is 71.3 cm³/mol. The Morgan fingerprint density at radius 1 is 1.44 bits per heavy atom. The molecule has 0 aromatic rings. The summed E-state index contributed by atoms with van der Waals surface area (Å²) >= 11 is 0. The summed E-state index contributed by atoms with van der Waals surface area (Å²) in [5, 5.41) is 12.0. The van der Waals surface area contributed by atoms with Crippen LogP contribution in [-0.2, 0) is 4.79 Å². The molecule has 0 radical (unpaired) electrons. The van der Waals surface area contributed by atoms with Crippen LogP contribution >= 0.6 is 0 Å². The van der Waals surface area contributed by atoms with Gasteiger partial charge in [0.25, 0.3) is 0 Å². The van der Waals surface area contributed by atoms with Gasteiger partial charge in [-0.15, -0.1) is 0 Å². The van der Waals surface area contributed by atoms with Gasteiger partial charge >= 0.3 is 0 Å². The molecule has 1 fully saturated rings. The zero-order chi connectivity index (χ0) is 14.1. The number of nitrogens with zero attached hydrogens (tertiary/aromatic N) is 2. The molecule has 0 aromatic heterocycles. The van der Waals surface area contributed by atoms with E-state index in [1.165, 1.54) is 0 Å². The quantitative estimate of drug-likeness (QED) is 0.347. The Morgan fingerprint density at radius 2 is 1.94 bits per heavy atom. The van der Waals surface area contributed by atoms with E-state index < -0.39 is 5.41 Å². The number of hydrogen-bond donors (Lipinski definition) is 2. The Kier molecular flexibility index (Phi) is 4.24. The molecule has 1 aliphatic carbocycles. The second-order valence-corrected chi connectivity index (χ2v) is 5.98. The molecule has 1 aliphatic rings. The first-order valence-corrected chi connectivity index (χ1v) is 6.51. The van der Waals surface area contributed by atoms with Crippen LogP contribution in [0.1, 0.15) is 40.5 Å². The van der Waals surface area contributed by atoms with Crippen LogP contribution in [0.2, 0.25) is 0 Å². The third-order valence-electron chi connectivity index (χ3n) is 4.30. The fourth-order valence-electron chi connectivity index (χ4n) is 2.69. The van der Waals surface area contributed by atoms with Gasteiger partial charge in [-0.2, -0.15) is 0 Å². The number of nitrogens with two attached hydrogens (primary N) is 1. The van der Waals surface area contributed by atoms with Gasteiger partial charge in [0.1, 0.15) is 5.41 Å². The number of rotatable bonds is 4. The van der Waals surface area contributed by atoms with Gasteiger partial charge in [0, 0.05) is 13.1 Å². The molecule has 5 heteroatoms. The van der Waals surface area contributed by atoms with Gasteiger partial charge in [0.15, 0.2) is 5.84 Å². The van der Waals surface area contributed by atoms with E-state index >= 15 is 0 Å². The topological polar surface area (TPSA) is 78.9 Å². The molecule has 1 unspecified atom stereocenters. The van der Waals surface area contributed by atoms with Crippen molar-refractivity contribution in [3.05, 3.63) is 0 Å². The van der Waals surface area contributed by atoms with Crippen molar-refractivity contribution in [1.82, 2.24) is 4.90 Å². The first-order valence-electron chi connectivity index (χ1n) is 6.51. The summed E-state index contributed by atoms with van der Waals surface area (Å²) < 4.78 is 0. The number of carbonyl (C=O) groups excluding carboxylic acids is 1. The number of hydrogen-bond acceptors (Lipinski definition) is 3. The molecule has 5 nitrogen and oxygen atoms in total. The minimum absolute atomic E-state index is 0.0305. The summed E-state index contributed by atoms with van der Waals surface area (Å²) in [6.45, 7) is 8.24. The van der Waals surface area contributed by atoms with Gasteiger partial charge in [-0.05, 0) is 31.6 Å². The van der Waals surface area contributed by atoms with Crippen LogP contribution in [0.4, 0.5) is 0 Å². The van der Waals surface area contributed by atoms with Crippen molar-refractivity contribution in [2.75, 3.05) is 7.05 Å². The Labute approximate surface area is 109 Å². The first kappa shape index (κ1) is 14.8. The Balaban J connectivity index is 2.92. The monoisotopic (exact) mass is 255 g/mol. The van der Waals surface area contributed by atoms with E-state index in [-0.39, 0.29) is 17.8 Å². The summed E-state index contributed by atoms with van der Waals surface area (Å²) in [4.78, 5) is 14.3. The van der Waals surface area contributed by atoms with Crippen LogP contribution in [0.5, 0.6) is 0 Å². The Hall–Kier alpha value is -1.26. The van der Waals surface area contributed by atoms with Crippen LogP contribution in [-0.4, -0.2) is 34.9 Å². The lowest BCUT2D eigenvalue weighted by Crippen LogP contribution is -2.58. The number of carbonyl (C=O) groups is 1. The van der Waals surface area contributed by atoms with E-state index in [1.54, 1.807) is 11.9 Å². The van der Waals surface area contributed by atoms with E-state index in [0.717, 1.165) is 0 Å². The zero-order valence-corrected chi connectivity index (χ0v) is 12.0. The highest BCUT2D eigenvalue weighted by Crippen LogP contribution is 2.47. The Bertz CT molecular complexity index is 346. The average Bonchev–Trinajstić information content (AvgIpc) is 2.30. The van der Waals surface area contributed by atoms with Crippen molar-refractivity contribution in [3.63, 3.8) is 0 Å². The van der Waals surface area contributed by atoms with E-state index in [4.69, 9.17) is 10.9 Å². The molecular formula is C13H25N3O2. The number of oxime groups is 1. The number of amidine groups is 1. The first-order chi connectivity index (χ1) is 8.26. The third kappa shape index (κ3) is 2.31. The number of amides is 1. The molecule has 1 atom stereocenters. The van der Waals surface area contributed by atoms with Gasteiger partial charge in [0.2, 0.25) is 5.91 Å². The predicted octanol–water partition coefficient (Wildman–Crippen LogP) is 1.65. The molecule has 18 heavy (non-hydrogen) atoms. The van der Waals surface area contributed by atoms with Crippen LogP contribution in [0, 0.1) is 17.3 Å². The smallest absolute Gasteiger partial charge is 0.236 e. The summed E-state index contributed by atoms with van der Waals surface area (Å²) in [6.07, 6.45) is 1.33. The summed E-state index contributed by atoms with van der Waals surface area (Å²) in [5.41, 5.74) is 4.96. The van der Waals surface area contributed by atoms with Crippen LogP contribution in [0.25, 0.3) is 0 Å². The fraction of sp³-hybridized carbons (Fsp3) is 0.846. The van der Waals surface area contributed by atoms with Crippen LogP contribution in [0.3, 0.4) is 0 Å². The zero-order valence-electron chi connectivity index (χ0n) is 12.0. The maximum absolute atomic E-state index is 12.6. The molecule has 0 heterocycles. The minimum Gasteiger partial charge on any atom is -0.409 e. The molecule has 3 N–H and O–H groups in total. The van der Waals surface area contributed by atoms with Crippen molar-refractivity contribution < 1.29 is 10.0 Å². The highest BCUT2D eigenvalue weighted by atomic mass is 16.4. The van der Waals surface area contributed by atoms with E-state index in [0.29, 0.717) is 24.7 Å². The third-order valence-corrected chi connectivity index (χ3v) is 4.30. The maximum atomic E-state index is 12.6. The second kappa shape index (κ2) is 5.16. The van der Waals surface area contributed by atoms with Gasteiger partial charge in [0.05, 0.1) is 0 Å². The molecule has 0 aromatic carbocycles. The summed E-state index contributed by atoms with van der Waals surface area (Å²) in [7, 11) is 1.79. The van der Waals surface area contributed by atoms with Gasteiger partial charge in [-0.1, -0.05) is 25.9 Å². The molecule has 0 saturated heterocycles. The van der Waals surface area contributed by atoms with E-state index in [9.17, 15) is 4.79 Å². The van der Waals surface area contributed by atoms with E-state index in [1.807, 2.05) is 6.92 Å². The van der Waals surface area contributed by atoms with Crippen molar-refractivity contribution in [2.45, 2.75) is 46.6 Å². The lowest BCUT2D eigenvalue weighted by Gasteiger charge is -2.47. The van der Waals surface area contributed by atoms with Crippen molar-refractivity contribution in [3.8, 4) is 0 Å². The Morgan fingerprint density at radius 3 is 2.28 bits per heavy atom. The average molecular weight is 255 g/mol. The fourth-order valence-corrected chi connectivity index (χ4v) is 2.69. The van der Waals surface area contributed by atoms with Gasteiger partial charge in [-0.25, -0.2) is 0 Å². The SMILES string of the molecule is CC1CC(C(=O)N(C)C(C)C(C)C)(C(N)=NO)C1. The molecule has 104 valence electrons. The highest BCUT2D eigenvalue weighted by molar-refractivity contribution is 6.07. The van der Waals surface area contributed by atoms with Crippen molar-refractivity contribution in [2.24, 2.45) is 28.1 Å². The van der Waals surface area contributed by atoms with Crippen molar-refractivity contribution >= 4 is 11.7 Å². The second-order valence-electron chi connectivity index (χ2n) is 5.98. The maximum Gasteiger partial charge on any atom is 0.236 e. The lowest BCUT2D eigenvalue weighted by atomic mass is 9.61. The van der Waals surface area contributed by atoms with Crippen LogP contribution in [0.15, 0.2) is 5.16 Å². The minimum atomic E-state index is -0.786. The van der Waals surface area contributed by atoms with E-state index in [2.05, 4.69) is 25.9 Å². The largest absolute Gasteiger partial charge is 0.409 e. The van der Waals surface area contributed by atoms with Crippen molar-refractivity contribution in [1.29, 1.82) is 0 Å². The normalized spacial score (nSPS) is 29.9. The molecule has 1 rings (SSSR count). The highest BCUT2D eigenvalue weighted by Gasteiger charge is 2.53. The molecule has 0 spiro atoms.